The maximum atomic E-state index is 12.9. The molecular formula is C13H20N2O4S2. The molecule has 0 aromatic carbocycles. The minimum absolute atomic E-state index is 0.0122. The summed E-state index contributed by atoms with van der Waals surface area (Å²) in [7, 11) is -2.49. The zero-order chi connectivity index (χ0) is 15.5. The molecule has 1 saturated carbocycles. The van der Waals surface area contributed by atoms with Gasteiger partial charge in [0, 0.05) is 12.6 Å². The molecule has 0 N–H and O–H groups in total. The van der Waals surface area contributed by atoms with E-state index in [2.05, 4.69) is 9.72 Å². The fourth-order valence-electron chi connectivity index (χ4n) is 2.75. The third-order valence-corrected chi connectivity index (χ3v) is 7.12. The first-order chi connectivity index (χ1) is 10.0. The van der Waals surface area contributed by atoms with Crippen LogP contribution in [0.1, 0.15) is 49.5 Å². The first-order valence-electron chi connectivity index (χ1n) is 7.06. The van der Waals surface area contributed by atoms with E-state index in [-0.39, 0.29) is 15.9 Å². The lowest BCUT2D eigenvalue weighted by Gasteiger charge is -2.32. The average molecular weight is 332 g/mol. The normalized spacial score (nSPS) is 17.1. The summed E-state index contributed by atoms with van der Waals surface area (Å²) in [5, 5.41) is 0. The van der Waals surface area contributed by atoms with Gasteiger partial charge in [-0.25, -0.2) is 18.2 Å². The monoisotopic (exact) mass is 332 g/mol. The van der Waals surface area contributed by atoms with Crippen molar-refractivity contribution in [1.29, 1.82) is 0 Å². The van der Waals surface area contributed by atoms with Crippen LogP contribution < -0.4 is 0 Å². The molecule has 1 aromatic heterocycles. The molecule has 1 aliphatic rings. The number of hydrogen-bond donors (Lipinski definition) is 0. The number of sulfonamides is 1. The first kappa shape index (κ1) is 16.4. The van der Waals surface area contributed by atoms with Gasteiger partial charge in [-0.15, -0.1) is 11.3 Å². The number of thiazole rings is 1. The molecule has 0 unspecified atom stereocenters. The highest BCUT2D eigenvalue weighted by atomic mass is 32.2. The molecule has 1 aliphatic carbocycles. The second-order valence-corrected chi connectivity index (χ2v) is 7.92. The van der Waals surface area contributed by atoms with Crippen molar-refractivity contribution >= 4 is 27.3 Å². The second-order valence-electron chi connectivity index (χ2n) is 4.98. The van der Waals surface area contributed by atoms with Crippen molar-refractivity contribution in [2.24, 2.45) is 0 Å². The van der Waals surface area contributed by atoms with Crippen molar-refractivity contribution in [3.8, 4) is 0 Å². The molecule has 8 heteroatoms. The van der Waals surface area contributed by atoms with E-state index >= 15 is 0 Å². The summed E-state index contributed by atoms with van der Waals surface area (Å²) in [4.78, 5) is 15.5. The largest absolute Gasteiger partial charge is 0.464 e. The molecule has 1 aromatic rings. The first-order valence-corrected chi connectivity index (χ1v) is 9.38. The number of aromatic nitrogens is 1. The van der Waals surface area contributed by atoms with Crippen LogP contribution in [0.25, 0.3) is 0 Å². The molecule has 118 valence electrons. The predicted molar refractivity (Wildman–Crippen MR) is 79.9 cm³/mol. The average Bonchev–Trinajstić information content (AvgIpc) is 2.98. The maximum Gasteiger partial charge on any atom is 0.358 e. The van der Waals surface area contributed by atoms with Gasteiger partial charge in [0.1, 0.15) is 0 Å². The molecule has 0 spiro atoms. The van der Waals surface area contributed by atoms with Gasteiger partial charge in [-0.1, -0.05) is 26.2 Å². The molecule has 0 aliphatic heterocycles. The van der Waals surface area contributed by atoms with Gasteiger partial charge in [0.25, 0.3) is 10.0 Å². The van der Waals surface area contributed by atoms with Gasteiger partial charge in [-0.3, -0.25) is 0 Å². The molecule has 2 rings (SSSR count). The highest BCUT2D eigenvalue weighted by Gasteiger charge is 2.35. The van der Waals surface area contributed by atoms with Crippen LogP contribution in [0, 0.1) is 0 Å². The van der Waals surface area contributed by atoms with Crippen molar-refractivity contribution in [2.75, 3.05) is 13.7 Å². The van der Waals surface area contributed by atoms with Gasteiger partial charge in [0.2, 0.25) is 0 Å². The van der Waals surface area contributed by atoms with E-state index in [1.165, 1.54) is 16.9 Å². The van der Waals surface area contributed by atoms with Gasteiger partial charge >= 0.3 is 5.97 Å². The Morgan fingerprint density at radius 2 is 2.10 bits per heavy atom. The molecule has 1 fully saturated rings. The van der Waals surface area contributed by atoms with E-state index in [0.29, 0.717) is 6.54 Å². The van der Waals surface area contributed by atoms with E-state index < -0.39 is 16.0 Å². The lowest BCUT2D eigenvalue weighted by molar-refractivity contribution is 0.0590. The topological polar surface area (TPSA) is 76.6 Å². The lowest BCUT2D eigenvalue weighted by Crippen LogP contribution is -2.41. The Labute approximate surface area is 129 Å². The van der Waals surface area contributed by atoms with Gasteiger partial charge in [0.05, 0.1) is 12.6 Å². The Morgan fingerprint density at radius 3 is 2.67 bits per heavy atom. The van der Waals surface area contributed by atoms with E-state index in [0.717, 1.165) is 43.4 Å². The molecule has 6 nitrogen and oxygen atoms in total. The highest BCUT2D eigenvalue weighted by molar-refractivity contribution is 7.91. The molecule has 0 bridgehead atoms. The van der Waals surface area contributed by atoms with Gasteiger partial charge in [-0.2, -0.15) is 4.31 Å². The van der Waals surface area contributed by atoms with Crippen LogP contribution in [-0.4, -0.2) is 43.4 Å². The number of ether oxygens (including phenoxy) is 1. The third kappa shape index (κ3) is 3.27. The summed E-state index contributed by atoms with van der Waals surface area (Å²) >= 11 is 0.966. The minimum Gasteiger partial charge on any atom is -0.464 e. The number of esters is 1. The van der Waals surface area contributed by atoms with Crippen LogP contribution in [0.2, 0.25) is 0 Å². The van der Waals surface area contributed by atoms with Crippen LogP contribution in [0.5, 0.6) is 0 Å². The number of rotatable bonds is 5. The van der Waals surface area contributed by atoms with Crippen molar-refractivity contribution < 1.29 is 17.9 Å². The van der Waals surface area contributed by atoms with E-state index in [1.807, 2.05) is 6.92 Å². The molecule has 0 atom stereocenters. The van der Waals surface area contributed by atoms with E-state index in [9.17, 15) is 13.2 Å². The summed E-state index contributed by atoms with van der Waals surface area (Å²) in [5.41, 5.74) is 1.25. The number of carbonyl (C=O) groups is 1. The molecule has 1 heterocycles. The summed E-state index contributed by atoms with van der Waals surface area (Å²) < 4.78 is 31.8. The Kier molecular flexibility index (Phi) is 5.34. The number of methoxy groups -OCH3 is 1. The van der Waals surface area contributed by atoms with Gasteiger partial charge in [0.15, 0.2) is 9.90 Å². The Bertz CT molecular complexity index is 591. The summed E-state index contributed by atoms with van der Waals surface area (Å²) in [5.74, 6) is -0.713. The van der Waals surface area contributed by atoms with E-state index in [1.54, 1.807) is 0 Å². The molecule has 0 radical (unpaired) electrons. The van der Waals surface area contributed by atoms with Crippen molar-refractivity contribution in [3.63, 3.8) is 0 Å². The zero-order valence-electron chi connectivity index (χ0n) is 12.2. The quantitative estimate of drug-likeness (QED) is 0.773. The SMILES string of the molecule is CCN(C1CCCCC1)S(=O)(=O)c1scnc1C(=O)OC. The smallest absolute Gasteiger partial charge is 0.358 e. The van der Waals surface area contributed by atoms with Crippen LogP contribution in [0.4, 0.5) is 0 Å². The zero-order valence-corrected chi connectivity index (χ0v) is 13.9. The molecule has 21 heavy (non-hydrogen) atoms. The maximum absolute atomic E-state index is 12.9. The van der Waals surface area contributed by atoms with Crippen molar-refractivity contribution in [1.82, 2.24) is 9.29 Å². The van der Waals surface area contributed by atoms with Gasteiger partial charge < -0.3 is 4.74 Å². The number of carbonyl (C=O) groups excluding carboxylic acids is 1. The third-order valence-electron chi connectivity index (χ3n) is 3.75. The summed E-state index contributed by atoms with van der Waals surface area (Å²) in [6, 6.07) is 0.0151. The van der Waals surface area contributed by atoms with Gasteiger partial charge in [-0.05, 0) is 12.8 Å². The van der Waals surface area contributed by atoms with Crippen LogP contribution >= 0.6 is 11.3 Å². The van der Waals surface area contributed by atoms with E-state index in [4.69, 9.17) is 0 Å². The Hall–Kier alpha value is -0.990. The number of hydrogen-bond acceptors (Lipinski definition) is 6. The number of nitrogens with zero attached hydrogens (tertiary/aromatic N) is 2. The summed E-state index contributed by atoms with van der Waals surface area (Å²) in [6.07, 6.45) is 4.99. The Balaban J connectivity index is 2.35. The summed E-state index contributed by atoms with van der Waals surface area (Å²) in [6.45, 7) is 2.22. The Morgan fingerprint density at radius 1 is 1.43 bits per heavy atom. The van der Waals surface area contributed by atoms with Crippen LogP contribution in [0.3, 0.4) is 0 Å². The van der Waals surface area contributed by atoms with Crippen LogP contribution in [0.15, 0.2) is 9.72 Å². The van der Waals surface area contributed by atoms with Crippen molar-refractivity contribution in [2.45, 2.75) is 49.3 Å². The molecule has 0 amide bonds. The second kappa shape index (κ2) is 6.85. The molecule has 0 saturated heterocycles. The highest BCUT2D eigenvalue weighted by Crippen LogP contribution is 2.30. The fraction of sp³-hybridized carbons (Fsp3) is 0.692. The molecular weight excluding hydrogens is 312 g/mol. The lowest BCUT2D eigenvalue weighted by atomic mass is 9.95. The minimum atomic E-state index is -3.70. The fourth-order valence-corrected chi connectivity index (χ4v) is 5.69. The van der Waals surface area contributed by atoms with Crippen LogP contribution in [-0.2, 0) is 14.8 Å². The predicted octanol–water partition coefficient (Wildman–Crippen LogP) is 2.27. The van der Waals surface area contributed by atoms with Crippen molar-refractivity contribution in [3.05, 3.63) is 11.2 Å². The standard InChI is InChI=1S/C13H20N2O4S2/c1-3-15(10-7-5-4-6-8-10)21(17,18)13-11(12(16)19-2)14-9-20-13/h9-10H,3-8H2,1-2H3.